The normalized spacial score (nSPS) is 12.1. The summed E-state index contributed by atoms with van der Waals surface area (Å²) in [5.74, 6) is -0.0972. The van der Waals surface area contributed by atoms with E-state index < -0.39 is 10.0 Å². The van der Waals surface area contributed by atoms with E-state index in [4.69, 9.17) is 0 Å². The first kappa shape index (κ1) is 15.4. The first-order valence-electron chi connectivity index (χ1n) is 5.38. The molecule has 0 saturated carbocycles. The number of rotatable bonds is 7. The number of carbonyl (C=O) groups is 1. The van der Waals surface area contributed by atoms with Crippen LogP contribution in [0.3, 0.4) is 0 Å². The van der Waals surface area contributed by atoms with Crippen LogP contribution in [0.2, 0.25) is 0 Å². The molecular weight excluding hydrogens is 230 g/mol. The Morgan fingerprint density at radius 1 is 1.38 bits per heavy atom. The molecule has 0 bridgehead atoms. The van der Waals surface area contributed by atoms with Crippen LogP contribution in [-0.4, -0.2) is 44.6 Å². The van der Waals surface area contributed by atoms with Crippen molar-refractivity contribution in [2.75, 3.05) is 26.0 Å². The second kappa shape index (κ2) is 6.85. The minimum atomic E-state index is -3.23. The summed E-state index contributed by atoms with van der Waals surface area (Å²) in [7, 11) is -1.94. The van der Waals surface area contributed by atoms with Crippen LogP contribution in [0, 0.1) is 5.92 Å². The smallest absolute Gasteiger partial charge is 0.306 e. The monoisotopic (exact) mass is 251 g/mol. The van der Waals surface area contributed by atoms with E-state index in [9.17, 15) is 13.2 Å². The van der Waals surface area contributed by atoms with Crippen molar-refractivity contribution in [3.8, 4) is 0 Å². The molecule has 0 saturated heterocycles. The van der Waals surface area contributed by atoms with Crippen molar-refractivity contribution in [3.05, 3.63) is 0 Å². The topological polar surface area (TPSA) is 63.7 Å². The van der Waals surface area contributed by atoms with Crippen molar-refractivity contribution in [1.29, 1.82) is 0 Å². The first-order chi connectivity index (χ1) is 7.33. The lowest BCUT2D eigenvalue weighted by atomic mass is 10.2. The van der Waals surface area contributed by atoms with Crippen LogP contribution in [0.4, 0.5) is 0 Å². The van der Waals surface area contributed by atoms with Crippen LogP contribution < -0.4 is 0 Å². The fourth-order valence-corrected chi connectivity index (χ4v) is 2.51. The summed E-state index contributed by atoms with van der Waals surface area (Å²) >= 11 is 0. The van der Waals surface area contributed by atoms with Crippen LogP contribution in [0.25, 0.3) is 0 Å². The van der Waals surface area contributed by atoms with Gasteiger partial charge in [0.25, 0.3) is 0 Å². The maximum atomic E-state index is 11.7. The Balaban J connectivity index is 4.51. The minimum absolute atomic E-state index is 0.0564. The molecular formula is C10H21NO4S. The second-order valence-electron chi connectivity index (χ2n) is 3.98. The Bertz CT molecular complexity index is 311. The van der Waals surface area contributed by atoms with Crippen molar-refractivity contribution in [3.63, 3.8) is 0 Å². The van der Waals surface area contributed by atoms with Crippen molar-refractivity contribution in [2.45, 2.75) is 27.2 Å². The van der Waals surface area contributed by atoms with Gasteiger partial charge in [-0.15, -0.1) is 0 Å². The highest BCUT2D eigenvalue weighted by Gasteiger charge is 2.21. The molecule has 0 aliphatic heterocycles. The van der Waals surface area contributed by atoms with Crippen LogP contribution in [0.5, 0.6) is 0 Å². The Morgan fingerprint density at radius 2 is 1.94 bits per heavy atom. The molecule has 0 radical (unpaired) electrons. The number of ether oxygens (including phenoxy) is 1. The van der Waals surface area contributed by atoms with E-state index in [1.165, 1.54) is 11.4 Å². The highest BCUT2D eigenvalue weighted by molar-refractivity contribution is 7.89. The Kier molecular flexibility index (Phi) is 6.59. The molecule has 0 aliphatic carbocycles. The van der Waals surface area contributed by atoms with E-state index in [0.717, 1.165) is 0 Å². The number of esters is 1. The Morgan fingerprint density at radius 3 is 2.31 bits per heavy atom. The highest BCUT2D eigenvalue weighted by atomic mass is 32.2. The van der Waals surface area contributed by atoms with Gasteiger partial charge in [-0.2, -0.15) is 0 Å². The zero-order valence-corrected chi connectivity index (χ0v) is 11.2. The summed E-state index contributed by atoms with van der Waals surface area (Å²) < 4.78 is 29.3. The number of methoxy groups -OCH3 is 1. The summed E-state index contributed by atoms with van der Waals surface area (Å²) in [4.78, 5) is 11.0. The molecule has 96 valence electrons. The average Bonchev–Trinajstić information content (AvgIpc) is 2.22. The predicted molar refractivity (Wildman–Crippen MR) is 62.5 cm³/mol. The number of sulfonamides is 1. The zero-order valence-electron chi connectivity index (χ0n) is 10.4. The molecule has 0 spiro atoms. The Labute approximate surface area is 97.8 Å². The van der Waals surface area contributed by atoms with Gasteiger partial charge in [-0.1, -0.05) is 13.8 Å². The lowest BCUT2D eigenvalue weighted by Gasteiger charge is -2.22. The zero-order chi connectivity index (χ0) is 12.8. The molecule has 0 N–H and O–H groups in total. The minimum Gasteiger partial charge on any atom is -0.469 e. The summed E-state index contributed by atoms with van der Waals surface area (Å²) in [6.07, 6.45) is 0.0997. The van der Waals surface area contributed by atoms with Gasteiger partial charge in [0.05, 0.1) is 19.3 Å². The molecule has 0 fully saturated rings. The van der Waals surface area contributed by atoms with Crippen molar-refractivity contribution in [1.82, 2.24) is 4.31 Å². The van der Waals surface area contributed by atoms with E-state index in [1.807, 2.05) is 13.8 Å². The van der Waals surface area contributed by atoms with Crippen LogP contribution >= 0.6 is 0 Å². The number of hydrogen-bond acceptors (Lipinski definition) is 4. The SMILES string of the molecule is CCS(=O)(=O)N(CCC(=O)OC)CC(C)C. The lowest BCUT2D eigenvalue weighted by Crippen LogP contribution is -2.37. The number of nitrogens with zero attached hydrogens (tertiary/aromatic N) is 1. The van der Waals surface area contributed by atoms with Gasteiger partial charge in [-0.3, -0.25) is 4.79 Å². The van der Waals surface area contributed by atoms with Gasteiger partial charge >= 0.3 is 5.97 Å². The molecule has 5 nitrogen and oxygen atoms in total. The van der Waals surface area contributed by atoms with Crippen molar-refractivity contribution >= 4 is 16.0 Å². The summed E-state index contributed by atoms with van der Waals surface area (Å²) in [6, 6.07) is 0. The molecule has 0 aliphatic rings. The molecule has 0 amide bonds. The van der Waals surface area contributed by atoms with E-state index in [2.05, 4.69) is 4.74 Å². The fraction of sp³-hybridized carbons (Fsp3) is 0.900. The third kappa shape index (κ3) is 5.46. The third-order valence-electron chi connectivity index (χ3n) is 2.12. The molecule has 0 rings (SSSR count). The quantitative estimate of drug-likeness (QED) is 0.629. The van der Waals surface area contributed by atoms with Gasteiger partial charge in [-0.25, -0.2) is 12.7 Å². The van der Waals surface area contributed by atoms with Crippen molar-refractivity contribution < 1.29 is 17.9 Å². The first-order valence-corrected chi connectivity index (χ1v) is 6.99. The maximum absolute atomic E-state index is 11.7. The molecule has 16 heavy (non-hydrogen) atoms. The number of hydrogen-bond donors (Lipinski definition) is 0. The van der Waals surface area contributed by atoms with E-state index in [0.29, 0.717) is 6.54 Å². The van der Waals surface area contributed by atoms with Gasteiger partial charge in [0.1, 0.15) is 0 Å². The second-order valence-corrected chi connectivity index (χ2v) is 6.24. The summed E-state index contributed by atoms with van der Waals surface area (Å²) in [5, 5.41) is 0. The van der Waals surface area contributed by atoms with Crippen molar-refractivity contribution in [2.24, 2.45) is 5.92 Å². The predicted octanol–water partition coefficient (Wildman–Crippen LogP) is 0.857. The molecule has 0 unspecified atom stereocenters. The summed E-state index contributed by atoms with van der Waals surface area (Å²) in [5.41, 5.74) is 0. The lowest BCUT2D eigenvalue weighted by molar-refractivity contribution is -0.140. The average molecular weight is 251 g/mol. The van der Waals surface area contributed by atoms with Gasteiger partial charge < -0.3 is 4.74 Å². The van der Waals surface area contributed by atoms with Crippen LogP contribution in [0.1, 0.15) is 27.2 Å². The van der Waals surface area contributed by atoms with Crippen LogP contribution in [0.15, 0.2) is 0 Å². The largest absolute Gasteiger partial charge is 0.469 e. The van der Waals surface area contributed by atoms with E-state index in [-0.39, 0.29) is 30.6 Å². The van der Waals surface area contributed by atoms with Gasteiger partial charge in [0.2, 0.25) is 10.0 Å². The fourth-order valence-electron chi connectivity index (χ4n) is 1.25. The van der Waals surface area contributed by atoms with Gasteiger partial charge in [-0.05, 0) is 12.8 Å². The van der Waals surface area contributed by atoms with E-state index >= 15 is 0 Å². The molecule has 0 aromatic heterocycles. The van der Waals surface area contributed by atoms with Crippen LogP contribution in [-0.2, 0) is 19.6 Å². The molecule has 6 heteroatoms. The van der Waals surface area contributed by atoms with Gasteiger partial charge in [0, 0.05) is 13.1 Å². The number of carbonyl (C=O) groups excluding carboxylic acids is 1. The highest BCUT2D eigenvalue weighted by Crippen LogP contribution is 2.07. The molecule has 0 aromatic rings. The third-order valence-corrected chi connectivity index (χ3v) is 3.97. The maximum Gasteiger partial charge on any atom is 0.306 e. The molecule has 0 aromatic carbocycles. The van der Waals surface area contributed by atoms with E-state index in [1.54, 1.807) is 6.92 Å². The standard InChI is InChI=1S/C10H21NO4S/c1-5-16(13,14)11(8-9(2)3)7-6-10(12)15-4/h9H,5-8H2,1-4H3. The summed E-state index contributed by atoms with van der Waals surface area (Å²) in [6.45, 7) is 6.11. The molecule has 0 atom stereocenters. The molecule has 0 heterocycles. The Hall–Kier alpha value is -0.620. The van der Waals surface area contributed by atoms with Gasteiger partial charge in [0.15, 0.2) is 0 Å².